The fraction of sp³-hybridized carbons (Fsp3) is 0.0556. The second-order valence-electron chi connectivity index (χ2n) is 4.70. The molecule has 4 nitrogen and oxygen atoms in total. The number of rotatable bonds is 5. The van der Waals surface area contributed by atoms with Crippen LogP contribution in [-0.2, 0) is 6.61 Å². The zero-order valence-corrected chi connectivity index (χ0v) is 11.8. The fourth-order valence-corrected chi connectivity index (χ4v) is 1.90. The van der Waals surface area contributed by atoms with Crippen molar-refractivity contribution in [3.63, 3.8) is 0 Å². The fourth-order valence-electron chi connectivity index (χ4n) is 1.90. The average molecular weight is 293 g/mol. The van der Waals surface area contributed by atoms with Crippen LogP contribution in [0.4, 0.5) is 0 Å². The summed E-state index contributed by atoms with van der Waals surface area (Å²) in [6, 6.07) is 20.4. The van der Waals surface area contributed by atoms with Gasteiger partial charge in [-0.3, -0.25) is 0 Å². The van der Waals surface area contributed by atoms with Gasteiger partial charge in [-0.15, -0.1) is 0 Å². The Morgan fingerprint density at radius 1 is 0.818 bits per heavy atom. The van der Waals surface area contributed by atoms with E-state index in [9.17, 15) is 5.11 Å². The molecule has 1 aromatic heterocycles. The van der Waals surface area contributed by atoms with Gasteiger partial charge in [-0.05, 0) is 35.9 Å². The van der Waals surface area contributed by atoms with E-state index < -0.39 is 0 Å². The van der Waals surface area contributed by atoms with Crippen molar-refractivity contribution in [2.45, 2.75) is 6.61 Å². The lowest BCUT2D eigenvalue weighted by molar-refractivity contribution is 0.305. The van der Waals surface area contributed by atoms with E-state index in [1.807, 2.05) is 54.6 Å². The van der Waals surface area contributed by atoms with Crippen LogP contribution in [0.25, 0.3) is 0 Å². The maximum atomic E-state index is 9.18. The van der Waals surface area contributed by atoms with Crippen molar-refractivity contribution in [2.75, 3.05) is 0 Å². The predicted molar refractivity (Wildman–Crippen MR) is 83.2 cm³/mol. The van der Waals surface area contributed by atoms with Crippen LogP contribution in [0.5, 0.6) is 23.1 Å². The van der Waals surface area contributed by atoms with E-state index in [0.29, 0.717) is 18.2 Å². The summed E-state index contributed by atoms with van der Waals surface area (Å²) in [6.45, 7) is 0.528. The third-order valence-electron chi connectivity index (χ3n) is 3.02. The van der Waals surface area contributed by atoms with E-state index in [1.165, 1.54) is 12.3 Å². The minimum absolute atomic E-state index is 0.108. The third-order valence-corrected chi connectivity index (χ3v) is 3.02. The summed E-state index contributed by atoms with van der Waals surface area (Å²) in [6.07, 6.45) is 1.34. The van der Waals surface area contributed by atoms with Crippen LogP contribution in [0, 0.1) is 0 Å². The van der Waals surface area contributed by atoms with Crippen LogP contribution in [0.3, 0.4) is 0 Å². The third kappa shape index (κ3) is 3.76. The molecule has 0 aliphatic rings. The molecule has 1 heterocycles. The first-order valence-electron chi connectivity index (χ1n) is 6.89. The van der Waals surface area contributed by atoms with Gasteiger partial charge in [-0.25, -0.2) is 4.98 Å². The van der Waals surface area contributed by atoms with Gasteiger partial charge in [0.15, 0.2) is 0 Å². The quantitative estimate of drug-likeness (QED) is 0.767. The Morgan fingerprint density at radius 2 is 1.55 bits per heavy atom. The number of aromatic nitrogens is 1. The second-order valence-corrected chi connectivity index (χ2v) is 4.70. The average Bonchev–Trinajstić information content (AvgIpc) is 2.57. The summed E-state index contributed by atoms with van der Waals surface area (Å²) in [4.78, 5) is 3.97. The highest BCUT2D eigenvalue weighted by Crippen LogP contribution is 2.23. The summed E-state index contributed by atoms with van der Waals surface area (Å²) in [5, 5.41) is 9.18. The molecule has 0 aliphatic heterocycles. The first-order valence-corrected chi connectivity index (χ1v) is 6.89. The lowest BCUT2D eigenvalue weighted by atomic mass is 10.2. The molecule has 0 radical (unpaired) electrons. The van der Waals surface area contributed by atoms with Gasteiger partial charge < -0.3 is 14.6 Å². The van der Waals surface area contributed by atoms with E-state index in [0.717, 1.165) is 11.3 Å². The number of ether oxygens (including phenoxy) is 2. The van der Waals surface area contributed by atoms with Crippen LogP contribution in [-0.4, -0.2) is 10.1 Å². The van der Waals surface area contributed by atoms with Gasteiger partial charge in [0.05, 0.1) is 6.20 Å². The molecular weight excluding hydrogens is 278 g/mol. The SMILES string of the molecule is Oc1ccc(Oc2ccc(OCc3ccccc3)cc2)nc1. The Hall–Kier alpha value is -3.01. The van der Waals surface area contributed by atoms with Crippen molar-refractivity contribution in [1.82, 2.24) is 4.98 Å². The Bertz CT molecular complexity index is 710. The van der Waals surface area contributed by atoms with Gasteiger partial charge in [0, 0.05) is 6.07 Å². The molecule has 22 heavy (non-hydrogen) atoms. The minimum Gasteiger partial charge on any atom is -0.506 e. The Kier molecular flexibility index (Phi) is 4.20. The molecule has 0 saturated heterocycles. The minimum atomic E-state index is 0.108. The first kappa shape index (κ1) is 13.9. The van der Waals surface area contributed by atoms with E-state index >= 15 is 0 Å². The monoisotopic (exact) mass is 293 g/mol. The van der Waals surface area contributed by atoms with Crippen molar-refractivity contribution in [3.8, 4) is 23.1 Å². The zero-order valence-electron chi connectivity index (χ0n) is 11.8. The topological polar surface area (TPSA) is 51.6 Å². The standard InChI is InChI=1S/C18H15NO3/c20-15-6-11-18(19-12-15)22-17-9-7-16(8-10-17)21-13-14-4-2-1-3-5-14/h1-12,20H,13H2. The molecule has 4 heteroatoms. The first-order chi connectivity index (χ1) is 10.8. The Labute approximate surface area is 128 Å². The summed E-state index contributed by atoms with van der Waals surface area (Å²) in [7, 11) is 0. The molecule has 0 bridgehead atoms. The van der Waals surface area contributed by atoms with Crippen molar-refractivity contribution < 1.29 is 14.6 Å². The molecule has 110 valence electrons. The number of hydrogen-bond donors (Lipinski definition) is 1. The van der Waals surface area contributed by atoms with Crippen LogP contribution in [0.1, 0.15) is 5.56 Å². The molecule has 1 N–H and O–H groups in total. The van der Waals surface area contributed by atoms with Crippen LogP contribution >= 0.6 is 0 Å². The van der Waals surface area contributed by atoms with Gasteiger partial charge in [0.25, 0.3) is 0 Å². The molecular formula is C18H15NO3. The highest BCUT2D eigenvalue weighted by atomic mass is 16.5. The van der Waals surface area contributed by atoms with Gasteiger partial charge in [0.1, 0.15) is 23.9 Å². The zero-order chi connectivity index (χ0) is 15.2. The van der Waals surface area contributed by atoms with Crippen molar-refractivity contribution >= 4 is 0 Å². The van der Waals surface area contributed by atoms with Crippen molar-refractivity contribution in [2.24, 2.45) is 0 Å². The number of aromatic hydroxyl groups is 1. The number of hydrogen-bond acceptors (Lipinski definition) is 4. The maximum absolute atomic E-state index is 9.18. The molecule has 0 atom stereocenters. The summed E-state index contributed by atoms with van der Waals surface area (Å²) in [5.41, 5.74) is 1.12. The van der Waals surface area contributed by atoms with E-state index in [1.54, 1.807) is 6.07 Å². The van der Waals surface area contributed by atoms with E-state index in [2.05, 4.69) is 4.98 Å². The lowest BCUT2D eigenvalue weighted by Crippen LogP contribution is -1.94. The number of nitrogens with zero attached hydrogens (tertiary/aromatic N) is 1. The summed E-state index contributed by atoms with van der Waals surface area (Å²) >= 11 is 0. The molecule has 3 aromatic rings. The van der Waals surface area contributed by atoms with E-state index in [4.69, 9.17) is 9.47 Å². The van der Waals surface area contributed by atoms with Gasteiger partial charge >= 0.3 is 0 Å². The highest BCUT2D eigenvalue weighted by molar-refractivity contribution is 5.34. The van der Waals surface area contributed by atoms with Crippen LogP contribution in [0.15, 0.2) is 72.9 Å². The number of benzene rings is 2. The normalized spacial score (nSPS) is 10.2. The molecule has 0 unspecified atom stereocenters. The van der Waals surface area contributed by atoms with Crippen molar-refractivity contribution in [1.29, 1.82) is 0 Å². The van der Waals surface area contributed by atoms with Gasteiger partial charge in [0.2, 0.25) is 5.88 Å². The van der Waals surface area contributed by atoms with Gasteiger partial charge in [-0.1, -0.05) is 30.3 Å². The summed E-state index contributed by atoms with van der Waals surface area (Å²) in [5.74, 6) is 1.97. The molecule has 0 spiro atoms. The molecule has 0 saturated carbocycles. The molecule has 0 aliphatic carbocycles. The smallest absolute Gasteiger partial charge is 0.219 e. The lowest BCUT2D eigenvalue weighted by Gasteiger charge is -2.08. The number of pyridine rings is 1. The van der Waals surface area contributed by atoms with Crippen LogP contribution in [0.2, 0.25) is 0 Å². The largest absolute Gasteiger partial charge is 0.506 e. The van der Waals surface area contributed by atoms with Gasteiger partial charge in [-0.2, -0.15) is 0 Å². The molecule has 0 fully saturated rings. The predicted octanol–water partition coefficient (Wildman–Crippen LogP) is 4.16. The summed E-state index contributed by atoms with van der Waals surface area (Å²) < 4.78 is 11.3. The highest BCUT2D eigenvalue weighted by Gasteiger charge is 2.00. The van der Waals surface area contributed by atoms with Crippen molar-refractivity contribution in [3.05, 3.63) is 78.5 Å². The Balaban J connectivity index is 1.59. The van der Waals surface area contributed by atoms with Crippen LogP contribution < -0.4 is 9.47 Å². The molecule has 2 aromatic carbocycles. The van der Waals surface area contributed by atoms with E-state index in [-0.39, 0.29) is 5.75 Å². The Morgan fingerprint density at radius 3 is 2.23 bits per heavy atom. The molecule has 0 amide bonds. The maximum Gasteiger partial charge on any atom is 0.219 e. The molecule has 3 rings (SSSR count). The second kappa shape index (κ2) is 6.63.